The number of carbonyl (C=O) groups excluding carboxylic acids is 1. The van der Waals surface area contributed by atoms with E-state index in [1.807, 2.05) is 4.90 Å². The van der Waals surface area contributed by atoms with Gasteiger partial charge in [-0.25, -0.2) is 19.7 Å². The number of piperidine rings is 1. The first-order valence-electron chi connectivity index (χ1n) is 14.2. The van der Waals surface area contributed by atoms with Crippen molar-refractivity contribution in [2.75, 3.05) is 76.7 Å². The van der Waals surface area contributed by atoms with Crippen LogP contribution in [0.25, 0.3) is 11.4 Å². The normalized spacial score (nSPS) is 20.0. The number of carbonyl (C=O) groups is 2. The van der Waals surface area contributed by atoms with Crippen LogP contribution in [-0.4, -0.2) is 119 Å². The van der Waals surface area contributed by atoms with Crippen LogP contribution in [0.15, 0.2) is 12.4 Å². The molecule has 2 fully saturated rings. The van der Waals surface area contributed by atoms with Crippen LogP contribution < -0.4 is 10.2 Å². The summed E-state index contributed by atoms with van der Waals surface area (Å²) in [4.78, 5) is 48.6. The van der Waals surface area contributed by atoms with Crippen molar-refractivity contribution >= 4 is 57.2 Å². The number of nitrogens with zero attached hydrogens (tertiary/aromatic N) is 6. The number of rotatable bonds is 11. The fourth-order valence-corrected chi connectivity index (χ4v) is 6.85. The van der Waals surface area contributed by atoms with Crippen LogP contribution in [0.3, 0.4) is 0 Å². The van der Waals surface area contributed by atoms with E-state index in [2.05, 4.69) is 42.1 Å². The summed E-state index contributed by atoms with van der Waals surface area (Å²) in [5.41, 5.74) is 1.64. The maximum atomic E-state index is 13.0. The Morgan fingerprint density at radius 3 is 2.56 bits per heavy atom. The SMILES string of the molecule is CO[C@H]1CN(c2nc(-c3cnc(NCCN4CCN(C)CC4)cn3)c(C(=O)O)s2)CC[C@H]1CC(=O)c1[nH]c(C)c(Cl)c1Cl. The molecule has 5 rings (SSSR count). The second-order valence-electron chi connectivity index (χ2n) is 11.0. The number of aromatic amines is 1. The number of H-pyrrole nitrogens is 1. The summed E-state index contributed by atoms with van der Waals surface area (Å²) < 4.78 is 5.77. The van der Waals surface area contributed by atoms with Gasteiger partial charge < -0.3 is 29.9 Å². The lowest BCUT2D eigenvalue weighted by atomic mass is 9.88. The molecule has 0 aliphatic carbocycles. The number of nitrogens with one attached hydrogen (secondary N) is 2. The molecule has 2 saturated heterocycles. The third-order valence-electron chi connectivity index (χ3n) is 8.08. The van der Waals surface area contributed by atoms with E-state index in [-0.39, 0.29) is 39.8 Å². The maximum Gasteiger partial charge on any atom is 0.348 e. The number of Topliss-reactive ketones (excluding diaryl/α,β-unsaturated/α-hetero) is 1. The van der Waals surface area contributed by atoms with Gasteiger partial charge in [0.2, 0.25) is 0 Å². The summed E-state index contributed by atoms with van der Waals surface area (Å²) in [6.07, 6.45) is 3.80. The van der Waals surface area contributed by atoms with Gasteiger partial charge in [0.15, 0.2) is 10.9 Å². The minimum atomic E-state index is -1.07. The monoisotopic (exact) mass is 650 g/mol. The second-order valence-corrected chi connectivity index (χ2v) is 12.7. The number of halogens is 2. The molecule has 0 bridgehead atoms. The Kier molecular flexibility index (Phi) is 10.2. The number of ether oxygens (including phenoxy) is 1. The molecule has 0 saturated carbocycles. The van der Waals surface area contributed by atoms with E-state index >= 15 is 0 Å². The van der Waals surface area contributed by atoms with Crippen molar-refractivity contribution in [1.82, 2.24) is 29.7 Å². The number of thiazole rings is 1. The Bertz CT molecular complexity index is 1440. The van der Waals surface area contributed by atoms with Crippen LogP contribution in [0.5, 0.6) is 0 Å². The molecule has 2 atom stereocenters. The number of hydrogen-bond donors (Lipinski definition) is 3. The van der Waals surface area contributed by atoms with E-state index in [4.69, 9.17) is 27.9 Å². The molecular formula is C28H36Cl2N8O4S. The number of piperazine rings is 1. The average molecular weight is 652 g/mol. The number of aromatic carboxylic acids is 1. The molecule has 15 heteroatoms. The number of aromatic nitrogens is 4. The van der Waals surface area contributed by atoms with E-state index in [1.54, 1.807) is 26.4 Å². The van der Waals surface area contributed by atoms with Crippen molar-refractivity contribution in [2.24, 2.45) is 5.92 Å². The van der Waals surface area contributed by atoms with E-state index < -0.39 is 5.97 Å². The Morgan fingerprint density at radius 2 is 1.93 bits per heavy atom. The summed E-state index contributed by atoms with van der Waals surface area (Å²) in [7, 11) is 3.75. The Labute approximate surface area is 264 Å². The van der Waals surface area contributed by atoms with Crippen LogP contribution in [0.2, 0.25) is 10.0 Å². The van der Waals surface area contributed by atoms with Gasteiger partial charge in [-0.15, -0.1) is 0 Å². The Morgan fingerprint density at radius 1 is 1.16 bits per heavy atom. The van der Waals surface area contributed by atoms with Crippen LogP contribution in [0.1, 0.15) is 38.7 Å². The Balaban J connectivity index is 1.22. The van der Waals surface area contributed by atoms with Gasteiger partial charge in [0, 0.05) is 71.6 Å². The third-order valence-corrected chi connectivity index (χ3v) is 10.1. The fourth-order valence-electron chi connectivity index (χ4n) is 5.46. The molecule has 0 amide bonds. The molecule has 12 nitrogen and oxygen atoms in total. The molecule has 232 valence electrons. The van der Waals surface area contributed by atoms with Crippen LogP contribution >= 0.6 is 34.5 Å². The minimum absolute atomic E-state index is 0.0484. The van der Waals surface area contributed by atoms with Crippen LogP contribution in [0, 0.1) is 12.8 Å². The molecule has 3 aromatic heterocycles. The number of carboxylic acid groups (broad SMARTS) is 1. The van der Waals surface area contributed by atoms with Gasteiger partial charge >= 0.3 is 5.97 Å². The maximum absolute atomic E-state index is 13.0. The fraction of sp³-hybridized carbons (Fsp3) is 0.536. The highest BCUT2D eigenvalue weighted by Gasteiger charge is 2.34. The molecule has 3 N–H and O–H groups in total. The number of likely N-dealkylation sites (N-methyl/N-ethyl adjacent to an activating group) is 1. The summed E-state index contributed by atoms with van der Waals surface area (Å²) in [5.74, 6) is -0.618. The predicted molar refractivity (Wildman–Crippen MR) is 168 cm³/mol. The summed E-state index contributed by atoms with van der Waals surface area (Å²) in [5, 5.41) is 14.4. The van der Waals surface area contributed by atoms with Crippen molar-refractivity contribution in [3.8, 4) is 11.4 Å². The lowest BCUT2D eigenvalue weighted by molar-refractivity contribution is 0.0375. The number of ketones is 1. The summed E-state index contributed by atoms with van der Waals surface area (Å²) in [6, 6.07) is 0. The Hall–Kier alpha value is -2.81. The van der Waals surface area contributed by atoms with Crippen LogP contribution in [-0.2, 0) is 4.74 Å². The van der Waals surface area contributed by atoms with Crippen molar-refractivity contribution in [3.63, 3.8) is 0 Å². The molecule has 0 unspecified atom stereocenters. The molecule has 2 aliphatic rings. The summed E-state index contributed by atoms with van der Waals surface area (Å²) >= 11 is 13.5. The standard InChI is InChI=1S/C28H36Cl2N8O4S/c1-16-22(29)23(30)25(34-16)19(39)12-17-4-6-38(15-20(17)42-3)28-35-24(26(43-28)27(40)41)18-13-33-21(14-32-18)31-5-7-37-10-8-36(2)9-11-37/h13-14,17,20,34H,4-12,15H2,1-3H3,(H,31,33)(H,40,41)/t17-,20-/m0/s1. The van der Waals surface area contributed by atoms with Crippen molar-refractivity contribution in [1.29, 1.82) is 0 Å². The van der Waals surface area contributed by atoms with Gasteiger partial charge in [-0.2, -0.15) is 0 Å². The first kappa shape index (κ1) is 31.6. The minimum Gasteiger partial charge on any atom is -0.477 e. The average Bonchev–Trinajstić information content (AvgIpc) is 3.56. The van der Waals surface area contributed by atoms with Gasteiger partial charge in [-0.3, -0.25) is 9.69 Å². The molecule has 5 heterocycles. The number of anilines is 2. The van der Waals surface area contributed by atoms with Gasteiger partial charge in [0.1, 0.15) is 27.8 Å². The predicted octanol–water partition coefficient (Wildman–Crippen LogP) is 4.02. The van der Waals surface area contributed by atoms with E-state index in [0.717, 1.165) is 50.6 Å². The number of carboxylic acids is 1. The highest BCUT2D eigenvalue weighted by Crippen LogP contribution is 2.36. The largest absolute Gasteiger partial charge is 0.477 e. The molecule has 0 radical (unpaired) electrons. The number of methoxy groups -OCH3 is 1. The molecule has 3 aromatic rings. The van der Waals surface area contributed by atoms with Crippen LogP contribution in [0.4, 0.5) is 10.9 Å². The van der Waals surface area contributed by atoms with Gasteiger partial charge in [-0.05, 0) is 26.3 Å². The highest BCUT2D eigenvalue weighted by atomic mass is 35.5. The molecular weight excluding hydrogens is 615 g/mol. The highest BCUT2D eigenvalue weighted by molar-refractivity contribution is 7.17. The zero-order valence-corrected chi connectivity index (χ0v) is 26.7. The van der Waals surface area contributed by atoms with Gasteiger partial charge in [0.05, 0.1) is 28.5 Å². The second kappa shape index (κ2) is 13.9. The first-order valence-corrected chi connectivity index (χ1v) is 15.8. The smallest absolute Gasteiger partial charge is 0.348 e. The lowest BCUT2D eigenvalue weighted by Crippen LogP contribution is -2.45. The molecule has 0 aromatic carbocycles. The summed E-state index contributed by atoms with van der Waals surface area (Å²) in [6.45, 7) is 8.70. The topological polar surface area (TPSA) is 140 Å². The molecule has 2 aliphatic heterocycles. The first-order chi connectivity index (χ1) is 20.6. The quantitative estimate of drug-likeness (QED) is 0.259. The van der Waals surface area contributed by atoms with Crippen molar-refractivity contribution < 1.29 is 19.4 Å². The zero-order valence-electron chi connectivity index (χ0n) is 24.4. The van der Waals surface area contributed by atoms with Crippen molar-refractivity contribution in [2.45, 2.75) is 25.9 Å². The van der Waals surface area contributed by atoms with Gasteiger partial charge in [0.25, 0.3) is 0 Å². The van der Waals surface area contributed by atoms with E-state index in [1.165, 1.54) is 0 Å². The van der Waals surface area contributed by atoms with E-state index in [0.29, 0.717) is 52.6 Å². The number of aryl methyl sites for hydroxylation is 1. The zero-order chi connectivity index (χ0) is 30.7. The molecule has 0 spiro atoms. The van der Waals surface area contributed by atoms with Crippen molar-refractivity contribution in [3.05, 3.63) is 38.7 Å². The lowest BCUT2D eigenvalue weighted by Gasteiger charge is -2.37. The number of hydrogen-bond acceptors (Lipinski definition) is 11. The third kappa shape index (κ3) is 7.30. The molecule has 43 heavy (non-hydrogen) atoms. The van der Waals surface area contributed by atoms with E-state index in [9.17, 15) is 14.7 Å². The van der Waals surface area contributed by atoms with Gasteiger partial charge in [-0.1, -0.05) is 34.5 Å².